The van der Waals surface area contributed by atoms with E-state index in [1.54, 1.807) is 0 Å². The fourth-order valence-electron chi connectivity index (χ4n) is 0. The molecular weight excluding hydrogens is 205 g/mol. The van der Waals surface area contributed by atoms with Gasteiger partial charge in [-0.05, 0) is 0 Å². The second kappa shape index (κ2) is 16.7. The molecule has 0 aromatic heterocycles. The van der Waals surface area contributed by atoms with Gasteiger partial charge < -0.3 is 0 Å². The maximum atomic E-state index is 4.26. The van der Waals surface area contributed by atoms with Crippen molar-refractivity contribution in [3.63, 3.8) is 0 Å². The van der Waals surface area contributed by atoms with Gasteiger partial charge in [-0.1, -0.05) is 0 Å². The van der Waals surface area contributed by atoms with Crippen molar-refractivity contribution in [2.75, 3.05) is 0 Å². The maximum absolute atomic E-state index is 4.26. The van der Waals surface area contributed by atoms with Crippen LogP contribution in [0.4, 0.5) is 0 Å². The molecule has 0 aliphatic rings. The summed E-state index contributed by atoms with van der Waals surface area (Å²) in [5.41, 5.74) is 0. The molecule has 0 spiro atoms. The van der Waals surface area contributed by atoms with Crippen molar-refractivity contribution in [3.8, 4) is 0 Å². The van der Waals surface area contributed by atoms with E-state index >= 15 is 0 Å². The van der Waals surface area contributed by atoms with Gasteiger partial charge in [0.2, 0.25) is 0 Å². The molecule has 0 aromatic rings. The SMILES string of the molecule is ClOCl.[AlH3].[Zr]. The molecule has 30 valence electrons. The van der Waals surface area contributed by atoms with E-state index < -0.39 is 0 Å². The fraction of sp³-hybridized carbons (Fsp3) is 0. The molecule has 0 amide bonds. The standard InChI is InChI=1S/Al.Cl2O.Zr.3H/c;1-3-2;;;;. The smallest absolute Gasteiger partial charge is 0.166 e. The van der Waals surface area contributed by atoms with Crippen LogP contribution in [0.15, 0.2) is 0 Å². The van der Waals surface area contributed by atoms with E-state index in [4.69, 9.17) is 0 Å². The van der Waals surface area contributed by atoms with E-state index in [0.717, 1.165) is 0 Å². The summed E-state index contributed by atoms with van der Waals surface area (Å²) in [6.07, 6.45) is 0. The van der Waals surface area contributed by atoms with E-state index in [-0.39, 0.29) is 43.6 Å². The topological polar surface area (TPSA) is 9.23 Å². The van der Waals surface area contributed by atoms with E-state index in [9.17, 15) is 0 Å². The van der Waals surface area contributed by atoms with Gasteiger partial charge in [0.15, 0.2) is 17.4 Å². The van der Waals surface area contributed by atoms with Gasteiger partial charge in [-0.2, -0.15) is 3.84 Å². The molecule has 0 heterocycles. The number of hydrogen-bond donors (Lipinski definition) is 0. The van der Waals surface area contributed by atoms with Crippen LogP contribution in [0.5, 0.6) is 0 Å². The molecule has 1 nitrogen and oxygen atoms in total. The van der Waals surface area contributed by atoms with Crippen LogP contribution in [0.2, 0.25) is 0 Å². The Kier molecular flexibility index (Phi) is 52.8. The van der Waals surface area contributed by atoms with Gasteiger partial charge in [-0.3, -0.25) is 0 Å². The number of halogens is 2. The van der Waals surface area contributed by atoms with Gasteiger partial charge in [-0.25, -0.2) is 0 Å². The molecule has 0 radical (unpaired) electrons. The minimum Gasteiger partial charge on any atom is -0.166 e. The van der Waals surface area contributed by atoms with Crippen LogP contribution in [0.3, 0.4) is 0 Å². The van der Waals surface area contributed by atoms with Gasteiger partial charge in [0, 0.05) is 26.2 Å². The molecule has 5 heavy (non-hydrogen) atoms. The zero-order valence-corrected chi connectivity index (χ0v) is 5.63. The van der Waals surface area contributed by atoms with Crippen LogP contribution >= 0.6 is 23.7 Å². The molecule has 0 saturated carbocycles. The van der Waals surface area contributed by atoms with E-state index in [1.807, 2.05) is 0 Å². The van der Waals surface area contributed by atoms with Crippen molar-refractivity contribution < 1.29 is 30.0 Å². The first-order chi connectivity index (χ1) is 1.41. The van der Waals surface area contributed by atoms with Crippen LogP contribution in [0.1, 0.15) is 0 Å². The van der Waals surface area contributed by atoms with Crippen molar-refractivity contribution >= 4 is 41.1 Å². The van der Waals surface area contributed by atoms with Crippen molar-refractivity contribution in [3.05, 3.63) is 0 Å². The van der Waals surface area contributed by atoms with Gasteiger partial charge in [0.1, 0.15) is 0 Å². The third-order valence-electron chi connectivity index (χ3n) is 0. The maximum Gasteiger partial charge on any atom is 0.187 e. The minimum atomic E-state index is 0. The monoisotopic (exact) mass is 206 g/mol. The molecule has 0 aromatic carbocycles. The Morgan fingerprint density at radius 3 is 1.20 bits per heavy atom. The second-order valence-corrected chi connectivity index (χ2v) is 0.525. The van der Waals surface area contributed by atoms with Gasteiger partial charge >= 0.3 is 0 Å². The van der Waals surface area contributed by atoms with E-state index in [1.165, 1.54) is 0 Å². The number of hydrogen-bond acceptors (Lipinski definition) is 1. The fourth-order valence-corrected chi connectivity index (χ4v) is 0. The summed E-state index contributed by atoms with van der Waals surface area (Å²) in [5, 5.41) is 0. The Labute approximate surface area is 70.6 Å². The second-order valence-electron chi connectivity index (χ2n) is 0.0583. The molecule has 0 N–H and O–H groups in total. The summed E-state index contributed by atoms with van der Waals surface area (Å²) in [5.74, 6) is 0. The Balaban J connectivity index is -0.0000000200. The van der Waals surface area contributed by atoms with E-state index in [2.05, 4.69) is 27.6 Å². The van der Waals surface area contributed by atoms with Gasteiger partial charge in [0.05, 0.1) is 23.7 Å². The molecule has 0 rings (SSSR count). The van der Waals surface area contributed by atoms with Gasteiger partial charge in [-0.15, -0.1) is 0 Å². The summed E-state index contributed by atoms with van der Waals surface area (Å²) in [7, 11) is 0. The predicted octanol–water partition coefficient (Wildman–Crippen LogP) is 0.124. The molecule has 0 aliphatic heterocycles. The Hall–Kier alpha value is 1.96. The summed E-state index contributed by atoms with van der Waals surface area (Å²) in [6, 6.07) is 0. The third-order valence-corrected chi connectivity index (χ3v) is 0. The zero-order valence-electron chi connectivity index (χ0n) is 1.66. The Morgan fingerprint density at radius 2 is 1.20 bits per heavy atom. The quantitative estimate of drug-likeness (QED) is 0.514. The summed E-state index contributed by atoms with van der Waals surface area (Å²) < 4.78 is 3.19. The van der Waals surface area contributed by atoms with Crippen molar-refractivity contribution in [2.45, 2.75) is 0 Å². The molecule has 0 fully saturated rings. The summed E-state index contributed by atoms with van der Waals surface area (Å²) in [6.45, 7) is 0. The molecule has 0 aliphatic carbocycles. The molecule has 0 bridgehead atoms. The average molecular weight is 208 g/mol. The normalized spacial score (nSPS) is 3.60. The van der Waals surface area contributed by atoms with Crippen LogP contribution < -0.4 is 0 Å². The first kappa shape index (κ1) is 15.8. The molecular formula is H3AlCl2OZr. The molecule has 0 atom stereocenters. The summed E-state index contributed by atoms with van der Waals surface area (Å²) in [4.78, 5) is 0. The van der Waals surface area contributed by atoms with Crippen molar-refractivity contribution in [2.24, 2.45) is 0 Å². The molecule has 0 unspecified atom stereocenters. The van der Waals surface area contributed by atoms with E-state index in [0.29, 0.717) is 0 Å². The van der Waals surface area contributed by atoms with Crippen LogP contribution in [0, 0.1) is 0 Å². The van der Waals surface area contributed by atoms with Crippen LogP contribution in [-0.2, 0) is 30.0 Å². The zero-order chi connectivity index (χ0) is 2.71. The Morgan fingerprint density at radius 1 is 1.20 bits per heavy atom. The van der Waals surface area contributed by atoms with Crippen LogP contribution in [-0.4, -0.2) is 17.4 Å². The molecule has 5 heteroatoms. The minimum absolute atomic E-state index is 0. The number of rotatable bonds is 0. The van der Waals surface area contributed by atoms with Crippen molar-refractivity contribution in [1.29, 1.82) is 0 Å². The largest absolute Gasteiger partial charge is 0.187 e. The Bertz CT molecular complexity index is 9.61. The first-order valence-corrected chi connectivity index (χ1v) is 0.926. The summed E-state index contributed by atoms with van der Waals surface area (Å²) >= 11 is 8.53. The molecule has 0 saturated heterocycles. The first-order valence-electron chi connectivity index (χ1n) is 0.309. The van der Waals surface area contributed by atoms with Gasteiger partial charge in [0.25, 0.3) is 0 Å². The van der Waals surface area contributed by atoms with Crippen LogP contribution in [0.25, 0.3) is 0 Å². The average Bonchev–Trinajstić information content (AvgIpc) is 0.918. The predicted molar refractivity (Wildman–Crippen MR) is 22.7 cm³/mol. The van der Waals surface area contributed by atoms with Crippen molar-refractivity contribution in [1.82, 2.24) is 0 Å². The third kappa shape index (κ3) is 24.4.